The lowest BCUT2D eigenvalue weighted by Gasteiger charge is -2.43. The van der Waals surface area contributed by atoms with E-state index in [-0.39, 0.29) is 11.4 Å². The molecule has 0 saturated heterocycles. The predicted molar refractivity (Wildman–Crippen MR) is 130 cm³/mol. The molecule has 33 heavy (non-hydrogen) atoms. The summed E-state index contributed by atoms with van der Waals surface area (Å²) in [4.78, 5) is 16.9. The van der Waals surface area contributed by atoms with Crippen LogP contribution in [0.4, 0.5) is 0 Å². The van der Waals surface area contributed by atoms with Gasteiger partial charge in [-0.25, -0.2) is 9.50 Å². The number of carbonyl (C=O) groups excluding carboxylic acids is 1. The van der Waals surface area contributed by atoms with Gasteiger partial charge >= 0.3 is 0 Å². The zero-order chi connectivity index (χ0) is 22.6. The Bertz CT molecular complexity index is 1350. The molecule has 6 rings (SSSR count). The molecule has 0 atom stereocenters. The zero-order valence-corrected chi connectivity index (χ0v) is 19.3. The number of aromatic nitrogens is 3. The van der Waals surface area contributed by atoms with Gasteiger partial charge in [-0.1, -0.05) is 66.2 Å². The molecule has 0 unspecified atom stereocenters. The first kappa shape index (κ1) is 20.4. The smallest absolute Gasteiger partial charge is 0.217 e. The molecule has 1 N–H and O–H groups in total. The second-order valence-electron chi connectivity index (χ2n) is 9.30. The maximum Gasteiger partial charge on any atom is 0.217 e. The molecule has 2 aliphatic carbocycles. The standard InChI is InChI=1S/C27H25ClN4O/c1-17(33)30-27(14-5-15-27)21-12-10-19(11-13-21)24-25(20-6-3-2-4-7-20)32-26(29-24)22(18-8-9-18)16-23(28)31-32/h2-4,6-7,10-13,16,18H,5,8-9,14-15H2,1H3,(H,30,33). The van der Waals surface area contributed by atoms with Crippen molar-refractivity contribution in [3.05, 3.63) is 76.9 Å². The fourth-order valence-electron chi connectivity index (χ4n) is 5.07. The molecule has 2 aromatic carbocycles. The van der Waals surface area contributed by atoms with Gasteiger partial charge in [0.05, 0.1) is 11.2 Å². The van der Waals surface area contributed by atoms with Gasteiger partial charge < -0.3 is 5.32 Å². The summed E-state index contributed by atoms with van der Waals surface area (Å²) < 4.78 is 1.92. The summed E-state index contributed by atoms with van der Waals surface area (Å²) >= 11 is 6.45. The third-order valence-corrected chi connectivity index (χ3v) is 7.17. The lowest BCUT2D eigenvalue weighted by atomic mass is 9.71. The Kier molecular flexibility index (Phi) is 4.77. The highest BCUT2D eigenvalue weighted by Crippen LogP contribution is 2.45. The van der Waals surface area contributed by atoms with Gasteiger partial charge in [0.15, 0.2) is 5.65 Å². The Morgan fingerprint density at radius 1 is 1.06 bits per heavy atom. The Morgan fingerprint density at radius 2 is 1.79 bits per heavy atom. The largest absolute Gasteiger partial charge is 0.347 e. The first-order valence-corrected chi connectivity index (χ1v) is 12.0. The van der Waals surface area contributed by atoms with Gasteiger partial charge in [0.25, 0.3) is 0 Å². The third-order valence-electron chi connectivity index (χ3n) is 6.98. The molecule has 2 heterocycles. The molecule has 2 fully saturated rings. The number of benzene rings is 2. The first-order valence-electron chi connectivity index (χ1n) is 11.6. The number of amides is 1. The van der Waals surface area contributed by atoms with Crippen LogP contribution in [0.25, 0.3) is 28.2 Å². The molecule has 2 saturated carbocycles. The van der Waals surface area contributed by atoms with Crippen LogP contribution in [0.15, 0.2) is 60.7 Å². The monoisotopic (exact) mass is 456 g/mol. The van der Waals surface area contributed by atoms with Crippen molar-refractivity contribution in [2.45, 2.75) is 50.5 Å². The van der Waals surface area contributed by atoms with Crippen molar-refractivity contribution in [2.75, 3.05) is 0 Å². The molecule has 4 aromatic rings. The van der Waals surface area contributed by atoms with Gasteiger partial charge in [-0.15, -0.1) is 0 Å². The highest BCUT2D eigenvalue weighted by molar-refractivity contribution is 6.29. The molecule has 2 aliphatic rings. The summed E-state index contributed by atoms with van der Waals surface area (Å²) in [6.07, 6.45) is 5.41. The summed E-state index contributed by atoms with van der Waals surface area (Å²) in [6.45, 7) is 1.59. The topological polar surface area (TPSA) is 59.3 Å². The van der Waals surface area contributed by atoms with Crippen molar-refractivity contribution in [3.63, 3.8) is 0 Å². The van der Waals surface area contributed by atoms with E-state index in [1.165, 1.54) is 18.4 Å². The summed E-state index contributed by atoms with van der Waals surface area (Å²) in [7, 11) is 0. The number of halogens is 1. The highest BCUT2D eigenvalue weighted by Gasteiger charge is 2.39. The van der Waals surface area contributed by atoms with Gasteiger partial charge in [-0.3, -0.25) is 4.79 Å². The quantitative estimate of drug-likeness (QED) is 0.394. The van der Waals surface area contributed by atoms with E-state index in [1.807, 2.05) is 28.8 Å². The number of imidazole rings is 1. The van der Waals surface area contributed by atoms with Crippen LogP contribution in [0.1, 0.15) is 56.1 Å². The SMILES string of the molecule is CC(=O)NC1(c2ccc(-c3nc4c(C5CC5)cc(Cl)nn4c3-c3ccccc3)cc2)CCC1. The molecule has 0 bridgehead atoms. The zero-order valence-electron chi connectivity index (χ0n) is 18.5. The average Bonchev–Trinajstić information content (AvgIpc) is 3.57. The molecule has 5 nitrogen and oxygen atoms in total. The summed E-state index contributed by atoms with van der Waals surface area (Å²) in [6, 6.07) is 20.7. The molecule has 0 aliphatic heterocycles. The highest BCUT2D eigenvalue weighted by atomic mass is 35.5. The fourth-order valence-corrected chi connectivity index (χ4v) is 5.26. The van der Waals surface area contributed by atoms with Crippen LogP contribution in [0.2, 0.25) is 5.15 Å². The van der Waals surface area contributed by atoms with Gasteiger partial charge in [0, 0.05) is 23.6 Å². The van der Waals surface area contributed by atoms with Crippen molar-refractivity contribution in [3.8, 4) is 22.5 Å². The molecule has 0 radical (unpaired) electrons. The molecule has 166 valence electrons. The van der Waals surface area contributed by atoms with E-state index in [0.717, 1.165) is 53.0 Å². The van der Waals surface area contributed by atoms with Crippen LogP contribution in [-0.4, -0.2) is 20.5 Å². The predicted octanol–water partition coefficient (Wildman–Crippen LogP) is 6.11. The number of rotatable bonds is 5. The van der Waals surface area contributed by atoms with Crippen LogP contribution >= 0.6 is 11.6 Å². The van der Waals surface area contributed by atoms with E-state index in [9.17, 15) is 4.79 Å². The Morgan fingerprint density at radius 3 is 2.39 bits per heavy atom. The van der Waals surface area contributed by atoms with Gasteiger partial charge in [-0.2, -0.15) is 5.10 Å². The number of hydrogen-bond acceptors (Lipinski definition) is 3. The van der Waals surface area contributed by atoms with E-state index in [0.29, 0.717) is 11.1 Å². The minimum Gasteiger partial charge on any atom is -0.347 e. The van der Waals surface area contributed by atoms with Crippen LogP contribution in [-0.2, 0) is 10.3 Å². The van der Waals surface area contributed by atoms with Crippen molar-refractivity contribution < 1.29 is 4.79 Å². The van der Waals surface area contributed by atoms with Gasteiger partial charge in [-0.05, 0) is 49.7 Å². The first-order chi connectivity index (χ1) is 16.0. The minimum atomic E-state index is -0.236. The fraction of sp³-hybridized carbons (Fsp3) is 0.296. The number of fused-ring (bicyclic) bond motifs is 1. The number of hydrogen-bond donors (Lipinski definition) is 1. The van der Waals surface area contributed by atoms with Gasteiger partial charge in [0.2, 0.25) is 5.91 Å². The lowest BCUT2D eigenvalue weighted by molar-refractivity contribution is -0.122. The number of nitrogens with zero attached hydrogens (tertiary/aromatic N) is 3. The Hall–Kier alpha value is -3.18. The molecule has 0 spiro atoms. The normalized spacial score (nSPS) is 17.0. The van der Waals surface area contributed by atoms with Crippen molar-refractivity contribution in [1.82, 2.24) is 19.9 Å². The Labute approximate surface area is 197 Å². The molecule has 6 heteroatoms. The maximum atomic E-state index is 11.8. The van der Waals surface area contributed by atoms with E-state index in [2.05, 4.69) is 46.8 Å². The van der Waals surface area contributed by atoms with Crippen LogP contribution < -0.4 is 5.32 Å². The number of carbonyl (C=O) groups is 1. The molecular weight excluding hydrogens is 432 g/mol. The van der Waals surface area contributed by atoms with E-state index < -0.39 is 0 Å². The summed E-state index contributed by atoms with van der Waals surface area (Å²) in [5.74, 6) is 0.520. The maximum absolute atomic E-state index is 11.8. The van der Waals surface area contributed by atoms with Crippen molar-refractivity contribution in [1.29, 1.82) is 0 Å². The van der Waals surface area contributed by atoms with Gasteiger partial charge in [0.1, 0.15) is 10.8 Å². The van der Waals surface area contributed by atoms with E-state index in [4.69, 9.17) is 16.6 Å². The van der Waals surface area contributed by atoms with Crippen LogP contribution in [0.5, 0.6) is 0 Å². The molecule has 2 aromatic heterocycles. The van der Waals surface area contributed by atoms with E-state index in [1.54, 1.807) is 6.92 Å². The average molecular weight is 457 g/mol. The lowest BCUT2D eigenvalue weighted by Crippen LogP contribution is -2.50. The number of nitrogens with one attached hydrogen (secondary N) is 1. The summed E-state index contributed by atoms with van der Waals surface area (Å²) in [5, 5.41) is 8.32. The molecular formula is C27H25ClN4O. The third kappa shape index (κ3) is 3.51. The van der Waals surface area contributed by atoms with Crippen molar-refractivity contribution >= 4 is 23.2 Å². The Balaban J connectivity index is 1.51. The second-order valence-corrected chi connectivity index (χ2v) is 9.69. The summed E-state index contributed by atoms with van der Waals surface area (Å²) in [5.41, 5.74) is 6.89. The minimum absolute atomic E-state index is 0.0149. The van der Waals surface area contributed by atoms with E-state index >= 15 is 0 Å². The van der Waals surface area contributed by atoms with Crippen LogP contribution in [0, 0.1) is 0 Å². The van der Waals surface area contributed by atoms with Crippen molar-refractivity contribution in [2.24, 2.45) is 0 Å². The van der Waals surface area contributed by atoms with Crippen LogP contribution in [0.3, 0.4) is 0 Å². The molecule has 1 amide bonds. The second kappa shape index (κ2) is 7.70.